The van der Waals surface area contributed by atoms with Crippen molar-refractivity contribution in [1.82, 2.24) is 10.6 Å². The second-order valence-electron chi connectivity index (χ2n) is 8.42. The first-order valence-corrected chi connectivity index (χ1v) is 10.9. The van der Waals surface area contributed by atoms with Gasteiger partial charge in [0, 0.05) is 25.2 Å². The van der Waals surface area contributed by atoms with Gasteiger partial charge in [0.15, 0.2) is 0 Å². The van der Waals surface area contributed by atoms with Gasteiger partial charge in [0.05, 0.1) is 9.16 Å². The van der Waals surface area contributed by atoms with Crippen LogP contribution in [0.4, 0.5) is 0 Å². The molecule has 0 bridgehead atoms. The molecule has 2 rings (SSSR count). The van der Waals surface area contributed by atoms with Crippen molar-refractivity contribution in [2.45, 2.75) is 65.1 Å². The summed E-state index contributed by atoms with van der Waals surface area (Å²) >= 11 is 0. The van der Waals surface area contributed by atoms with Crippen LogP contribution in [-0.4, -0.2) is 36.3 Å². The molecule has 5 heteroatoms. The van der Waals surface area contributed by atoms with Crippen LogP contribution in [0.1, 0.15) is 73.4 Å². The third-order valence-electron chi connectivity index (χ3n) is 4.49. The van der Waals surface area contributed by atoms with E-state index in [1.165, 1.54) is 5.56 Å². The number of carbonyl (C=O) groups is 1. The third-order valence-corrected chi connectivity index (χ3v) is 4.49. The summed E-state index contributed by atoms with van der Waals surface area (Å²) in [6.07, 6.45) is 0.499. The molecule has 0 aliphatic rings. The summed E-state index contributed by atoms with van der Waals surface area (Å²) in [5.41, 5.74) is 1.99. The van der Waals surface area contributed by atoms with Crippen molar-refractivity contribution in [2.24, 2.45) is 0 Å². The second kappa shape index (κ2) is 14.7. The zero-order valence-corrected chi connectivity index (χ0v) is 19.5. The van der Waals surface area contributed by atoms with E-state index < -0.39 is 12.2 Å². The molecule has 0 aliphatic heterocycles. The summed E-state index contributed by atoms with van der Waals surface area (Å²) in [6.45, 7) is 8.75. The van der Waals surface area contributed by atoms with E-state index in [1.807, 2.05) is 76.2 Å². The predicted octanol–water partition coefficient (Wildman–Crippen LogP) is 4.79. The maximum atomic E-state index is 11.5. The molecule has 0 radical (unpaired) electrons. The molecule has 5 nitrogen and oxygen atoms in total. The molecule has 0 amide bonds. The van der Waals surface area contributed by atoms with E-state index in [1.54, 1.807) is 0 Å². The maximum Gasteiger partial charge on any atom is 0.307 e. The minimum Gasteiger partial charge on any atom is -0.460 e. The lowest BCUT2D eigenvalue weighted by Crippen LogP contribution is -2.27. The smallest absolute Gasteiger partial charge is 0.307 e. The van der Waals surface area contributed by atoms with Crippen molar-refractivity contribution >= 4 is 5.97 Å². The Labute approximate surface area is 191 Å². The van der Waals surface area contributed by atoms with Crippen LogP contribution < -0.4 is 10.6 Å². The maximum absolute atomic E-state index is 11.5. The fraction of sp³-hybridized carbons (Fsp3) is 0.500. The molecular formula is C26H40N2O3. The van der Waals surface area contributed by atoms with Crippen LogP contribution in [0.3, 0.4) is 0 Å². The summed E-state index contributed by atoms with van der Waals surface area (Å²) in [6, 6.07) is 20.5. The molecule has 2 atom stereocenters. The van der Waals surface area contributed by atoms with Crippen LogP contribution in [0, 0.1) is 0 Å². The van der Waals surface area contributed by atoms with Gasteiger partial charge in [-0.2, -0.15) is 0 Å². The average molecular weight is 431 g/mol. The summed E-state index contributed by atoms with van der Waals surface area (Å²) < 4.78 is 19.2. The van der Waals surface area contributed by atoms with Crippen molar-refractivity contribution in [3.63, 3.8) is 0 Å². The lowest BCUT2D eigenvalue weighted by molar-refractivity contribution is -0.154. The SMILES string of the molecule is CC(NCCC(=O)OC(C)(C)C)c1ccccc1.[2H]C([2H])(O)CCNC(C)c1ccccc1. The van der Waals surface area contributed by atoms with Crippen molar-refractivity contribution in [1.29, 1.82) is 0 Å². The minimum absolute atomic E-state index is 0.101. The largest absolute Gasteiger partial charge is 0.460 e. The van der Waals surface area contributed by atoms with E-state index in [-0.39, 0.29) is 24.5 Å². The first-order chi connectivity index (χ1) is 15.4. The Morgan fingerprint density at radius 1 is 0.935 bits per heavy atom. The van der Waals surface area contributed by atoms with Gasteiger partial charge < -0.3 is 20.5 Å². The Kier molecular flexibility index (Phi) is 11.1. The first kappa shape index (κ1) is 23.5. The number of benzene rings is 2. The van der Waals surface area contributed by atoms with Crippen LogP contribution in [0.25, 0.3) is 0 Å². The van der Waals surface area contributed by atoms with Crippen LogP contribution in [0.15, 0.2) is 60.7 Å². The predicted molar refractivity (Wildman–Crippen MR) is 128 cm³/mol. The van der Waals surface area contributed by atoms with E-state index in [0.29, 0.717) is 19.5 Å². The Balaban J connectivity index is 0.000000335. The van der Waals surface area contributed by atoms with Gasteiger partial charge >= 0.3 is 5.97 Å². The van der Waals surface area contributed by atoms with E-state index in [0.717, 1.165) is 5.56 Å². The second-order valence-corrected chi connectivity index (χ2v) is 8.42. The van der Waals surface area contributed by atoms with Gasteiger partial charge in [-0.15, -0.1) is 0 Å². The average Bonchev–Trinajstić information content (AvgIpc) is 2.73. The van der Waals surface area contributed by atoms with Crippen LogP contribution in [0.2, 0.25) is 0 Å². The van der Waals surface area contributed by atoms with E-state index >= 15 is 0 Å². The summed E-state index contributed by atoms with van der Waals surface area (Å²) in [5.74, 6) is -0.157. The van der Waals surface area contributed by atoms with Crippen LogP contribution >= 0.6 is 0 Å². The summed E-state index contributed by atoms with van der Waals surface area (Å²) in [5, 5.41) is 15.4. The highest BCUT2D eigenvalue weighted by molar-refractivity contribution is 5.70. The number of rotatable bonds is 10. The minimum atomic E-state index is -2.08. The van der Waals surface area contributed by atoms with Crippen molar-refractivity contribution in [3.8, 4) is 0 Å². The number of nitrogens with one attached hydrogen (secondary N) is 2. The third kappa shape index (κ3) is 12.9. The van der Waals surface area contributed by atoms with E-state index in [2.05, 4.69) is 29.7 Å². The molecular weight excluding hydrogens is 388 g/mol. The number of hydrogen-bond donors (Lipinski definition) is 3. The number of carbonyl (C=O) groups excluding carboxylic acids is 1. The van der Waals surface area contributed by atoms with E-state index in [9.17, 15) is 4.79 Å². The lowest BCUT2D eigenvalue weighted by Gasteiger charge is -2.20. The molecule has 172 valence electrons. The zero-order chi connectivity index (χ0) is 24.9. The highest BCUT2D eigenvalue weighted by Gasteiger charge is 2.16. The number of esters is 1. The van der Waals surface area contributed by atoms with Gasteiger partial charge in [0.2, 0.25) is 0 Å². The Bertz CT molecular complexity index is 791. The molecule has 0 saturated carbocycles. The lowest BCUT2D eigenvalue weighted by atomic mass is 10.1. The molecule has 0 aliphatic carbocycles. The van der Waals surface area contributed by atoms with Gasteiger partial charge in [-0.3, -0.25) is 4.79 Å². The molecule has 2 unspecified atom stereocenters. The van der Waals surface area contributed by atoms with Crippen molar-refractivity contribution in [2.75, 3.05) is 19.6 Å². The Hall–Kier alpha value is -2.21. The zero-order valence-electron chi connectivity index (χ0n) is 21.5. The summed E-state index contributed by atoms with van der Waals surface area (Å²) in [7, 11) is 0. The Morgan fingerprint density at radius 3 is 1.81 bits per heavy atom. The Morgan fingerprint density at radius 2 is 1.39 bits per heavy atom. The van der Waals surface area contributed by atoms with E-state index in [4.69, 9.17) is 12.6 Å². The molecule has 0 saturated heterocycles. The molecule has 31 heavy (non-hydrogen) atoms. The monoisotopic (exact) mass is 430 g/mol. The van der Waals surface area contributed by atoms with Gasteiger partial charge in [-0.25, -0.2) is 0 Å². The quantitative estimate of drug-likeness (QED) is 0.473. The molecule has 2 aromatic carbocycles. The fourth-order valence-corrected chi connectivity index (χ4v) is 2.85. The molecule has 0 spiro atoms. The van der Waals surface area contributed by atoms with Gasteiger partial charge in [-0.1, -0.05) is 60.7 Å². The van der Waals surface area contributed by atoms with Crippen molar-refractivity contribution in [3.05, 3.63) is 71.8 Å². The number of ether oxygens (including phenoxy) is 1. The van der Waals surface area contributed by atoms with Gasteiger partial charge in [-0.05, 0) is 58.7 Å². The highest BCUT2D eigenvalue weighted by atomic mass is 16.6. The standard InChI is InChI=1S/C15H23NO2.C11H17NO/c1-12(13-8-6-5-7-9-13)16-11-10-14(17)18-15(2,3)4;1-10(12-8-5-9-13)11-6-3-2-4-7-11/h5-9,12,16H,10-11H2,1-4H3;2-4,6-7,10,12-13H,5,8-9H2,1H3/i;9D2. The fourth-order valence-electron chi connectivity index (χ4n) is 2.85. The normalized spacial score (nSPS) is 14.4. The molecule has 2 aromatic rings. The molecule has 0 heterocycles. The first-order valence-electron chi connectivity index (χ1n) is 11.9. The highest BCUT2D eigenvalue weighted by Crippen LogP contribution is 2.12. The summed E-state index contributed by atoms with van der Waals surface area (Å²) in [4.78, 5) is 11.5. The van der Waals surface area contributed by atoms with Crippen LogP contribution in [-0.2, 0) is 9.53 Å². The van der Waals surface area contributed by atoms with Crippen LogP contribution in [0.5, 0.6) is 0 Å². The number of hydrogen-bond acceptors (Lipinski definition) is 5. The van der Waals surface area contributed by atoms with Crippen molar-refractivity contribution < 1.29 is 17.4 Å². The number of aliphatic hydroxyl groups is 1. The molecule has 3 N–H and O–H groups in total. The van der Waals surface area contributed by atoms with Gasteiger partial charge in [0.1, 0.15) is 5.60 Å². The topological polar surface area (TPSA) is 70.6 Å². The molecule has 0 aromatic heterocycles. The molecule has 0 fully saturated rings. The van der Waals surface area contributed by atoms with Gasteiger partial charge in [0.25, 0.3) is 0 Å².